The molecule has 0 radical (unpaired) electrons. The second-order valence-electron chi connectivity index (χ2n) is 8.98. The Morgan fingerprint density at radius 3 is 2.08 bits per heavy atom. The minimum absolute atomic E-state index is 0.0780. The minimum Gasteiger partial charge on any atom is -0.357 e. The minimum atomic E-state index is -3.82. The number of rotatable bonds is 10. The molecule has 0 saturated heterocycles. The molecule has 0 saturated carbocycles. The third kappa shape index (κ3) is 7.33. The lowest BCUT2D eigenvalue weighted by Gasteiger charge is -2.34. The van der Waals surface area contributed by atoms with E-state index >= 15 is 0 Å². The Hall–Kier alpha value is -3.36. The van der Waals surface area contributed by atoms with Gasteiger partial charge < -0.3 is 10.2 Å². The molecule has 0 heterocycles. The first kappa shape index (κ1) is 28.2. The van der Waals surface area contributed by atoms with E-state index in [-0.39, 0.29) is 18.9 Å². The summed E-state index contributed by atoms with van der Waals surface area (Å²) >= 11 is 6.20. The molecule has 0 spiro atoms. The monoisotopic (exact) mass is 541 g/mol. The highest BCUT2D eigenvalue weighted by Crippen LogP contribution is 2.27. The van der Waals surface area contributed by atoms with Crippen molar-refractivity contribution in [2.24, 2.45) is 0 Å². The van der Waals surface area contributed by atoms with Gasteiger partial charge in [-0.05, 0) is 48.2 Å². The van der Waals surface area contributed by atoms with Crippen molar-refractivity contribution in [2.45, 2.75) is 32.9 Å². The number of amides is 2. The summed E-state index contributed by atoms with van der Waals surface area (Å²) in [5, 5.41) is 3.16. The number of nitrogens with one attached hydrogen (secondary N) is 1. The van der Waals surface area contributed by atoms with E-state index in [2.05, 4.69) is 5.32 Å². The summed E-state index contributed by atoms with van der Waals surface area (Å²) in [7, 11) is -2.30. The topological polar surface area (TPSA) is 86.8 Å². The van der Waals surface area contributed by atoms with Gasteiger partial charge in [0.2, 0.25) is 21.8 Å². The van der Waals surface area contributed by atoms with Crippen LogP contribution in [0.4, 0.5) is 5.69 Å². The van der Waals surface area contributed by atoms with Gasteiger partial charge in [-0.3, -0.25) is 13.9 Å². The number of hydrogen-bond donors (Lipinski definition) is 1. The molecule has 196 valence electrons. The second kappa shape index (κ2) is 12.3. The van der Waals surface area contributed by atoms with Crippen LogP contribution in [0.3, 0.4) is 0 Å². The number of halogens is 1. The third-order valence-corrected chi connectivity index (χ3v) is 7.47. The maximum atomic E-state index is 13.9. The van der Waals surface area contributed by atoms with E-state index in [4.69, 9.17) is 11.6 Å². The molecule has 0 fully saturated rings. The van der Waals surface area contributed by atoms with Crippen LogP contribution in [0.15, 0.2) is 72.8 Å². The highest BCUT2D eigenvalue weighted by molar-refractivity contribution is 7.92. The molecule has 0 bridgehead atoms. The molecule has 9 heteroatoms. The van der Waals surface area contributed by atoms with Crippen molar-refractivity contribution < 1.29 is 18.0 Å². The Bertz CT molecular complexity index is 1340. The molecule has 37 heavy (non-hydrogen) atoms. The zero-order valence-corrected chi connectivity index (χ0v) is 23.0. The molecule has 1 unspecified atom stereocenters. The zero-order chi connectivity index (χ0) is 27.2. The Labute approximate surface area is 224 Å². The maximum Gasteiger partial charge on any atom is 0.244 e. The van der Waals surface area contributed by atoms with Crippen molar-refractivity contribution in [1.29, 1.82) is 0 Å². The molecule has 0 aromatic heterocycles. The van der Waals surface area contributed by atoms with Gasteiger partial charge in [-0.15, -0.1) is 0 Å². The molecule has 3 aromatic rings. The van der Waals surface area contributed by atoms with E-state index in [0.29, 0.717) is 10.7 Å². The number of aryl methyl sites for hydroxylation is 2. The van der Waals surface area contributed by atoms with E-state index in [1.807, 2.05) is 42.5 Å². The molecule has 1 atom stereocenters. The molecular weight excluding hydrogens is 510 g/mol. The van der Waals surface area contributed by atoms with Crippen LogP contribution in [0.1, 0.15) is 22.3 Å². The van der Waals surface area contributed by atoms with Crippen LogP contribution in [0.2, 0.25) is 5.02 Å². The summed E-state index contributed by atoms with van der Waals surface area (Å²) in [6.07, 6.45) is 1.34. The predicted octanol–water partition coefficient (Wildman–Crippen LogP) is 4.11. The van der Waals surface area contributed by atoms with E-state index in [1.54, 1.807) is 44.2 Å². The molecule has 3 aromatic carbocycles. The van der Waals surface area contributed by atoms with Crippen LogP contribution >= 0.6 is 11.6 Å². The van der Waals surface area contributed by atoms with Crippen LogP contribution in [-0.4, -0.2) is 51.0 Å². The lowest BCUT2D eigenvalue weighted by molar-refractivity contribution is -0.139. The smallest absolute Gasteiger partial charge is 0.244 e. The van der Waals surface area contributed by atoms with Crippen molar-refractivity contribution in [3.05, 3.63) is 100 Å². The zero-order valence-electron chi connectivity index (χ0n) is 21.4. The summed E-state index contributed by atoms with van der Waals surface area (Å²) in [6, 6.07) is 21.0. The standard InChI is InChI=1S/C28H32ClN3O4S/c1-20-10-8-11-21(2)27(20)32(37(4,35)36)19-26(33)31(18-23-14-9-15-24(29)16-23)25(28(34)30-3)17-22-12-6-5-7-13-22/h5-16,25H,17-19H2,1-4H3,(H,30,34). The van der Waals surface area contributed by atoms with Gasteiger partial charge in [-0.1, -0.05) is 72.3 Å². The Morgan fingerprint density at radius 2 is 1.51 bits per heavy atom. The first-order chi connectivity index (χ1) is 17.5. The Morgan fingerprint density at radius 1 is 0.919 bits per heavy atom. The number of benzene rings is 3. The third-order valence-electron chi connectivity index (χ3n) is 6.13. The molecular formula is C28H32ClN3O4S. The Balaban J connectivity index is 2.07. The lowest BCUT2D eigenvalue weighted by Crippen LogP contribution is -2.53. The summed E-state index contributed by atoms with van der Waals surface area (Å²) in [5.41, 5.74) is 3.51. The summed E-state index contributed by atoms with van der Waals surface area (Å²) in [4.78, 5) is 28.5. The van der Waals surface area contributed by atoms with Crippen molar-refractivity contribution in [3.8, 4) is 0 Å². The largest absolute Gasteiger partial charge is 0.357 e. The van der Waals surface area contributed by atoms with E-state index in [9.17, 15) is 18.0 Å². The van der Waals surface area contributed by atoms with Crippen LogP contribution < -0.4 is 9.62 Å². The number of hydrogen-bond acceptors (Lipinski definition) is 4. The molecule has 2 amide bonds. The van der Waals surface area contributed by atoms with E-state index in [0.717, 1.165) is 32.8 Å². The van der Waals surface area contributed by atoms with Crippen molar-refractivity contribution in [3.63, 3.8) is 0 Å². The lowest BCUT2D eigenvalue weighted by atomic mass is 10.0. The van der Waals surface area contributed by atoms with E-state index in [1.165, 1.54) is 11.9 Å². The van der Waals surface area contributed by atoms with Gasteiger partial charge in [0, 0.05) is 25.0 Å². The second-order valence-corrected chi connectivity index (χ2v) is 11.3. The normalized spacial score (nSPS) is 12.0. The van der Waals surface area contributed by atoms with Crippen LogP contribution in [-0.2, 0) is 32.6 Å². The quantitative estimate of drug-likeness (QED) is 0.418. The number of likely N-dealkylation sites (N-methyl/N-ethyl adjacent to an activating group) is 1. The molecule has 3 rings (SSSR count). The SMILES string of the molecule is CNC(=O)C(Cc1ccccc1)N(Cc1cccc(Cl)c1)C(=O)CN(c1c(C)cccc1C)S(C)(=O)=O. The predicted molar refractivity (Wildman–Crippen MR) is 148 cm³/mol. The van der Waals surface area contributed by atoms with Gasteiger partial charge in [0.15, 0.2) is 0 Å². The highest BCUT2D eigenvalue weighted by atomic mass is 35.5. The number of anilines is 1. The first-order valence-corrected chi connectivity index (χ1v) is 14.1. The fraction of sp³-hybridized carbons (Fsp3) is 0.286. The summed E-state index contributed by atoms with van der Waals surface area (Å²) in [5.74, 6) is -0.852. The van der Waals surface area contributed by atoms with Gasteiger partial charge in [0.25, 0.3) is 0 Å². The van der Waals surface area contributed by atoms with Gasteiger partial charge in [-0.2, -0.15) is 0 Å². The molecule has 7 nitrogen and oxygen atoms in total. The molecule has 0 aliphatic heterocycles. The van der Waals surface area contributed by atoms with Crippen molar-refractivity contribution in [2.75, 3.05) is 24.2 Å². The van der Waals surface area contributed by atoms with Crippen LogP contribution in [0.5, 0.6) is 0 Å². The summed E-state index contributed by atoms with van der Waals surface area (Å²) in [6.45, 7) is 3.23. The Kier molecular flexibility index (Phi) is 9.34. The van der Waals surface area contributed by atoms with Gasteiger partial charge in [-0.25, -0.2) is 8.42 Å². The average Bonchev–Trinajstić information content (AvgIpc) is 2.85. The number of nitrogens with zero attached hydrogens (tertiary/aromatic N) is 2. The fourth-order valence-corrected chi connectivity index (χ4v) is 5.50. The first-order valence-electron chi connectivity index (χ1n) is 11.8. The van der Waals surface area contributed by atoms with Crippen LogP contribution in [0.25, 0.3) is 0 Å². The van der Waals surface area contributed by atoms with Crippen molar-refractivity contribution in [1.82, 2.24) is 10.2 Å². The number of carbonyl (C=O) groups is 2. The molecule has 0 aliphatic rings. The van der Waals surface area contributed by atoms with Crippen molar-refractivity contribution >= 4 is 39.1 Å². The van der Waals surface area contributed by atoms with Gasteiger partial charge in [0.05, 0.1) is 11.9 Å². The highest BCUT2D eigenvalue weighted by Gasteiger charge is 2.33. The maximum absolute atomic E-state index is 13.9. The summed E-state index contributed by atoms with van der Waals surface area (Å²) < 4.78 is 26.9. The van der Waals surface area contributed by atoms with Gasteiger partial charge >= 0.3 is 0 Å². The van der Waals surface area contributed by atoms with E-state index < -0.39 is 28.5 Å². The molecule has 1 N–H and O–H groups in total. The molecule has 0 aliphatic carbocycles. The fourth-order valence-electron chi connectivity index (χ4n) is 4.33. The van der Waals surface area contributed by atoms with Gasteiger partial charge in [0.1, 0.15) is 12.6 Å². The number of carbonyl (C=O) groups excluding carboxylic acids is 2. The number of para-hydroxylation sites is 1. The number of sulfonamides is 1. The average molecular weight is 542 g/mol. The van der Waals surface area contributed by atoms with Crippen LogP contribution in [0, 0.1) is 13.8 Å².